The molecule has 0 radical (unpaired) electrons. The Balaban J connectivity index is 2.04. The molecule has 2 rings (SSSR count). The fourth-order valence-electron chi connectivity index (χ4n) is 1.36. The molecule has 5 heteroatoms. The van der Waals surface area contributed by atoms with Gasteiger partial charge in [0.05, 0.1) is 11.3 Å². The fourth-order valence-corrected chi connectivity index (χ4v) is 1.36. The summed E-state index contributed by atoms with van der Waals surface area (Å²) in [5, 5.41) is 11.9. The summed E-state index contributed by atoms with van der Waals surface area (Å²) in [6.45, 7) is 0.582. The first-order valence-corrected chi connectivity index (χ1v) is 5.07. The molecule has 86 valence electrons. The Morgan fingerprint density at radius 1 is 1.29 bits per heavy atom. The second-order valence-electron chi connectivity index (χ2n) is 3.48. The molecule has 2 aromatic heterocycles. The Morgan fingerprint density at radius 2 is 2.18 bits per heavy atom. The maximum absolute atomic E-state index is 10.7. The molecule has 0 saturated heterocycles. The van der Waals surface area contributed by atoms with Crippen molar-refractivity contribution < 1.29 is 9.90 Å². The predicted octanol–water partition coefficient (Wildman–Crippen LogP) is 1.79. The van der Waals surface area contributed by atoms with Gasteiger partial charge in [0, 0.05) is 31.3 Å². The molecule has 0 amide bonds. The van der Waals surface area contributed by atoms with Gasteiger partial charge in [0.25, 0.3) is 0 Å². The smallest absolute Gasteiger partial charge is 0.337 e. The SMILES string of the molecule is O=C(O)c1cncc(NCc2cccnc2)c1. The van der Waals surface area contributed by atoms with Gasteiger partial charge in [-0.3, -0.25) is 9.97 Å². The minimum absolute atomic E-state index is 0.168. The normalized spacial score (nSPS) is 9.88. The van der Waals surface area contributed by atoms with Crippen LogP contribution in [0.5, 0.6) is 0 Å². The van der Waals surface area contributed by atoms with E-state index in [4.69, 9.17) is 5.11 Å². The van der Waals surface area contributed by atoms with Gasteiger partial charge in [-0.1, -0.05) is 6.07 Å². The number of rotatable bonds is 4. The van der Waals surface area contributed by atoms with E-state index in [-0.39, 0.29) is 5.56 Å². The van der Waals surface area contributed by atoms with Crippen LogP contribution in [0.2, 0.25) is 0 Å². The molecule has 5 nitrogen and oxygen atoms in total. The Labute approximate surface area is 98.2 Å². The van der Waals surface area contributed by atoms with Crippen molar-refractivity contribution in [3.05, 3.63) is 54.1 Å². The number of carboxylic acid groups (broad SMARTS) is 1. The van der Waals surface area contributed by atoms with Crippen molar-refractivity contribution in [3.8, 4) is 0 Å². The average Bonchev–Trinajstić information content (AvgIpc) is 2.38. The Hall–Kier alpha value is -2.43. The van der Waals surface area contributed by atoms with Crippen LogP contribution in [0.3, 0.4) is 0 Å². The molecule has 2 heterocycles. The standard InChI is InChI=1S/C12H11N3O2/c16-12(17)10-4-11(8-14-7-10)15-6-9-2-1-3-13-5-9/h1-5,7-8,15H,6H2,(H,16,17). The Morgan fingerprint density at radius 3 is 2.88 bits per heavy atom. The van der Waals surface area contributed by atoms with Gasteiger partial charge in [0.1, 0.15) is 0 Å². The van der Waals surface area contributed by atoms with Crippen molar-refractivity contribution >= 4 is 11.7 Å². The van der Waals surface area contributed by atoms with E-state index < -0.39 is 5.97 Å². The molecule has 0 unspecified atom stereocenters. The van der Waals surface area contributed by atoms with Crippen LogP contribution < -0.4 is 5.32 Å². The van der Waals surface area contributed by atoms with Crippen LogP contribution in [-0.4, -0.2) is 21.0 Å². The fraction of sp³-hybridized carbons (Fsp3) is 0.0833. The van der Waals surface area contributed by atoms with Gasteiger partial charge >= 0.3 is 5.97 Å². The minimum Gasteiger partial charge on any atom is -0.478 e. The molecular weight excluding hydrogens is 218 g/mol. The molecule has 0 fully saturated rings. The predicted molar refractivity (Wildman–Crippen MR) is 62.8 cm³/mol. The monoisotopic (exact) mass is 229 g/mol. The largest absolute Gasteiger partial charge is 0.478 e. The molecule has 0 aliphatic carbocycles. The summed E-state index contributed by atoms with van der Waals surface area (Å²) in [6.07, 6.45) is 6.36. The molecule has 0 spiro atoms. The summed E-state index contributed by atoms with van der Waals surface area (Å²) in [4.78, 5) is 18.6. The highest BCUT2D eigenvalue weighted by molar-refractivity contribution is 5.88. The number of aromatic nitrogens is 2. The van der Waals surface area contributed by atoms with Gasteiger partial charge in [-0.2, -0.15) is 0 Å². The van der Waals surface area contributed by atoms with E-state index >= 15 is 0 Å². The number of pyridine rings is 2. The highest BCUT2D eigenvalue weighted by atomic mass is 16.4. The third kappa shape index (κ3) is 3.01. The quantitative estimate of drug-likeness (QED) is 0.835. The summed E-state index contributed by atoms with van der Waals surface area (Å²) in [7, 11) is 0. The third-order valence-corrected chi connectivity index (χ3v) is 2.20. The number of carbonyl (C=O) groups is 1. The lowest BCUT2D eigenvalue weighted by atomic mass is 10.2. The highest BCUT2D eigenvalue weighted by Gasteiger charge is 2.03. The van der Waals surface area contributed by atoms with Crippen LogP contribution in [-0.2, 0) is 6.54 Å². The third-order valence-electron chi connectivity index (χ3n) is 2.20. The van der Waals surface area contributed by atoms with Crippen LogP contribution in [0.15, 0.2) is 43.0 Å². The van der Waals surface area contributed by atoms with Crippen molar-refractivity contribution in [1.82, 2.24) is 9.97 Å². The Kier molecular flexibility index (Phi) is 3.30. The van der Waals surface area contributed by atoms with E-state index in [2.05, 4.69) is 15.3 Å². The molecule has 17 heavy (non-hydrogen) atoms. The molecule has 0 saturated carbocycles. The molecular formula is C12H11N3O2. The molecule has 2 aromatic rings. The number of anilines is 1. The molecule has 0 atom stereocenters. The minimum atomic E-state index is -0.984. The van der Waals surface area contributed by atoms with Crippen LogP contribution in [0, 0.1) is 0 Å². The summed E-state index contributed by atoms with van der Waals surface area (Å²) in [5.74, 6) is -0.984. The van der Waals surface area contributed by atoms with Crippen molar-refractivity contribution in [2.75, 3.05) is 5.32 Å². The molecule has 0 aliphatic heterocycles. The van der Waals surface area contributed by atoms with E-state index in [1.807, 2.05) is 12.1 Å². The zero-order chi connectivity index (χ0) is 12.1. The van der Waals surface area contributed by atoms with Gasteiger partial charge in [-0.25, -0.2) is 4.79 Å². The zero-order valence-corrected chi connectivity index (χ0v) is 9.00. The van der Waals surface area contributed by atoms with E-state index in [0.29, 0.717) is 12.2 Å². The zero-order valence-electron chi connectivity index (χ0n) is 9.00. The van der Waals surface area contributed by atoms with Crippen LogP contribution in [0.1, 0.15) is 15.9 Å². The summed E-state index contributed by atoms with van der Waals surface area (Å²) in [6, 6.07) is 5.34. The van der Waals surface area contributed by atoms with Crippen LogP contribution in [0.4, 0.5) is 5.69 Å². The van der Waals surface area contributed by atoms with Gasteiger partial charge in [-0.15, -0.1) is 0 Å². The van der Waals surface area contributed by atoms with E-state index in [1.165, 1.54) is 6.20 Å². The second kappa shape index (κ2) is 5.07. The lowest BCUT2D eigenvalue weighted by Crippen LogP contribution is -2.03. The summed E-state index contributed by atoms with van der Waals surface area (Å²) in [5.41, 5.74) is 1.86. The van der Waals surface area contributed by atoms with Crippen LogP contribution >= 0.6 is 0 Å². The van der Waals surface area contributed by atoms with Crippen molar-refractivity contribution in [2.45, 2.75) is 6.54 Å². The van der Waals surface area contributed by atoms with Gasteiger partial charge in [0.2, 0.25) is 0 Å². The lowest BCUT2D eigenvalue weighted by Gasteiger charge is -2.06. The molecule has 0 bridgehead atoms. The van der Waals surface area contributed by atoms with E-state index in [0.717, 1.165) is 5.56 Å². The molecule has 0 aliphatic rings. The maximum Gasteiger partial charge on any atom is 0.337 e. The van der Waals surface area contributed by atoms with Gasteiger partial charge in [-0.05, 0) is 17.7 Å². The van der Waals surface area contributed by atoms with Crippen LogP contribution in [0.25, 0.3) is 0 Å². The number of hydrogen-bond acceptors (Lipinski definition) is 4. The number of aromatic carboxylic acids is 1. The average molecular weight is 229 g/mol. The number of nitrogens with zero attached hydrogens (tertiary/aromatic N) is 2. The lowest BCUT2D eigenvalue weighted by molar-refractivity contribution is 0.0696. The topological polar surface area (TPSA) is 75.1 Å². The molecule has 2 N–H and O–H groups in total. The first kappa shape index (κ1) is 11.1. The summed E-state index contributed by atoms with van der Waals surface area (Å²) >= 11 is 0. The number of hydrogen-bond donors (Lipinski definition) is 2. The maximum atomic E-state index is 10.7. The second-order valence-corrected chi connectivity index (χ2v) is 3.48. The Bertz CT molecular complexity index is 514. The van der Waals surface area contributed by atoms with Crippen molar-refractivity contribution in [2.24, 2.45) is 0 Å². The van der Waals surface area contributed by atoms with Crippen molar-refractivity contribution in [1.29, 1.82) is 0 Å². The summed E-state index contributed by atoms with van der Waals surface area (Å²) < 4.78 is 0. The first-order valence-electron chi connectivity index (χ1n) is 5.07. The molecule has 0 aromatic carbocycles. The van der Waals surface area contributed by atoms with Gasteiger partial charge in [0.15, 0.2) is 0 Å². The number of nitrogens with one attached hydrogen (secondary N) is 1. The van der Waals surface area contributed by atoms with Gasteiger partial charge < -0.3 is 10.4 Å². The first-order chi connectivity index (χ1) is 8.25. The highest BCUT2D eigenvalue weighted by Crippen LogP contribution is 2.09. The van der Waals surface area contributed by atoms with E-state index in [9.17, 15) is 4.79 Å². The van der Waals surface area contributed by atoms with Crippen molar-refractivity contribution in [3.63, 3.8) is 0 Å². The number of carboxylic acids is 1. The van der Waals surface area contributed by atoms with E-state index in [1.54, 1.807) is 24.7 Å².